The van der Waals surface area contributed by atoms with Gasteiger partial charge in [-0.05, 0) is 51.0 Å². The number of carbonyl (C=O) groups excluding carboxylic acids is 3. The Morgan fingerprint density at radius 2 is 1.79 bits per heavy atom. The van der Waals surface area contributed by atoms with Crippen LogP contribution >= 0.6 is 0 Å². The van der Waals surface area contributed by atoms with Gasteiger partial charge < -0.3 is 19.4 Å². The number of carbonyl (C=O) groups is 3. The molecule has 33 heavy (non-hydrogen) atoms. The number of amides is 1. The molecule has 9 nitrogen and oxygen atoms in total. The number of aromatic nitrogens is 2. The molecule has 0 aliphatic carbocycles. The standard InChI is InChI=1S/C24H23N3O6/c1-11-10-17(26-33-11)27-20(15-6-8-16(9-7-15)24(31)32-5)19(22(29)23(27)30)21(28)18-12(2)13(3)25-14(18)4/h6-10,20,25,28H,1-5H3/b21-19+. The van der Waals surface area contributed by atoms with Crippen molar-refractivity contribution in [1.82, 2.24) is 10.1 Å². The van der Waals surface area contributed by atoms with Gasteiger partial charge in [0.2, 0.25) is 0 Å². The van der Waals surface area contributed by atoms with Crippen molar-refractivity contribution in [2.24, 2.45) is 0 Å². The van der Waals surface area contributed by atoms with Crippen LogP contribution < -0.4 is 4.90 Å². The van der Waals surface area contributed by atoms with Crippen LogP contribution in [0.1, 0.15) is 50.2 Å². The van der Waals surface area contributed by atoms with E-state index in [9.17, 15) is 19.5 Å². The second-order valence-corrected chi connectivity index (χ2v) is 7.95. The van der Waals surface area contributed by atoms with E-state index >= 15 is 0 Å². The zero-order chi connectivity index (χ0) is 24.0. The smallest absolute Gasteiger partial charge is 0.337 e. The predicted octanol–water partition coefficient (Wildman–Crippen LogP) is 3.65. The van der Waals surface area contributed by atoms with Gasteiger partial charge in [0.1, 0.15) is 11.5 Å². The highest BCUT2D eigenvalue weighted by Gasteiger charge is 2.48. The number of aliphatic hydroxyl groups is 1. The highest BCUT2D eigenvalue weighted by Crippen LogP contribution is 2.43. The third-order valence-corrected chi connectivity index (χ3v) is 5.88. The second kappa shape index (κ2) is 8.09. The first-order valence-electron chi connectivity index (χ1n) is 10.2. The molecule has 0 saturated carbocycles. The van der Waals surface area contributed by atoms with E-state index in [0.717, 1.165) is 11.3 Å². The first-order valence-corrected chi connectivity index (χ1v) is 10.2. The number of aryl methyl sites for hydroxylation is 3. The van der Waals surface area contributed by atoms with Crippen LogP contribution in [0.3, 0.4) is 0 Å². The molecule has 0 bridgehead atoms. The summed E-state index contributed by atoms with van der Waals surface area (Å²) in [6.07, 6.45) is 0. The number of aliphatic hydroxyl groups excluding tert-OH is 1. The number of esters is 1. The van der Waals surface area contributed by atoms with Gasteiger partial charge in [-0.2, -0.15) is 0 Å². The minimum Gasteiger partial charge on any atom is -0.507 e. The number of nitrogens with one attached hydrogen (secondary N) is 1. The van der Waals surface area contributed by atoms with Crippen LogP contribution in [-0.4, -0.2) is 40.0 Å². The Kier molecular flexibility index (Phi) is 5.41. The number of rotatable bonds is 4. The molecular formula is C24H23N3O6. The molecule has 1 unspecified atom stereocenters. The topological polar surface area (TPSA) is 126 Å². The molecule has 1 amide bonds. The lowest BCUT2D eigenvalue weighted by atomic mass is 9.93. The maximum Gasteiger partial charge on any atom is 0.337 e. The fraction of sp³-hybridized carbons (Fsp3) is 0.250. The van der Waals surface area contributed by atoms with Gasteiger partial charge in [0.05, 0.1) is 24.3 Å². The average molecular weight is 449 g/mol. The molecule has 3 aromatic rings. The van der Waals surface area contributed by atoms with E-state index in [1.165, 1.54) is 30.2 Å². The Balaban J connectivity index is 1.95. The Bertz CT molecular complexity index is 1310. The van der Waals surface area contributed by atoms with Gasteiger partial charge in [0, 0.05) is 23.0 Å². The summed E-state index contributed by atoms with van der Waals surface area (Å²) >= 11 is 0. The predicted molar refractivity (Wildman–Crippen MR) is 119 cm³/mol. The molecule has 2 aromatic heterocycles. The quantitative estimate of drug-likeness (QED) is 0.269. The second-order valence-electron chi connectivity index (χ2n) is 7.95. The molecule has 2 N–H and O–H groups in total. The largest absolute Gasteiger partial charge is 0.507 e. The fourth-order valence-corrected chi connectivity index (χ4v) is 4.17. The third-order valence-electron chi connectivity index (χ3n) is 5.88. The van der Waals surface area contributed by atoms with E-state index in [1.807, 2.05) is 13.8 Å². The number of methoxy groups -OCH3 is 1. The molecule has 4 rings (SSSR count). The number of hydrogen-bond donors (Lipinski definition) is 2. The van der Waals surface area contributed by atoms with Crippen LogP contribution in [0.2, 0.25) is 0 Å². The molecule has 1 saturated heterocycles. The third kappa shape index (κ3) is 3.51. The molecule has 1 aliphatic rings. The van der Waals surface area contributed by atoms with E-state index in [2.05, 4.69) is 10.1 Å². The van der Waals surface area contributed by atoms with Crippen molar-refractivity contribution in [3.8, 4) is 0 Å². The molecule has 1 aliphatic heterocycles. The van der Waals surface area contributed by atoms with Crippen LogP contribution in [0.15, 0.2) is 40.4 Å². The highest BCUT2D eigenvalue weighted by atomic mass is 16.5. The van der Waals surface area contributed by atoms with Gasteiger partial charge in [0.15, 0.2) is 5.82 Å². The average Bonchev–Trinajstić information content (AvgIpc) is 3.41. The maximum atomic E-state index is 13.2. The number of hydrogen-bond acceptors (Lipinski definition) is 7. The number of ether oxygens (including phenoxy) is 1. The van der Waals surface area contributed by atoms with Crippen molar-refractivity contribution < 1.29 is 28.8 Å². The molecular weight excluding hydrogens is 426 g/mol. The molecule has 0 radical (unpaired) electrons. The number of ketones is 1. The number of Topliss-reactive ketones (excluding diaryl/α,β-unsaturated/α-hetero) is 1. The molecule has 9 heteroatoms. The lowest BCUT2D eigenvalue weighted by Crippen LogP contribution is -2.29. The van der Waals surface area contributed by atoms with Gasteiger partial charge in [0.25, 0.3) is 5.78 Å². The summed E-state index contributed by atoms with van der Waals surface area (Å²) in [4.78, 5) is 42.5. The molecule has 3 heterocycles. The molecule has 1 atom stereocenters. The van der Waals surface area contributed by atoms with Crippen molar-refractivity contribution in [3.63, 3.8) is 0 Å². The van der Waals surface area contributed by atoms with Crippen molar-refractivity contribution in [2.45, 2.75) is 33.7 Å². The number of anilines is 1. The number of benzene rings is 1. The summed E-state index contributed by atoms with van der Waals surface area (Å²) in [6, 6.07) is 6.85. The van der Waals surface area contributed by atoms with Crippen molar-refractivity contribution in [3.05, 3.63) is 75.3 Å². The number of H-pyrrole nitrogens is 1. The summed E-state index contributed by atoms with van der Waals surface area (Å²) in [7, 11) is 1.28. The minimum absolute atomic E-state index is 0.0725. The summed E-state index contributed by atoms with van der Waals surface area (Å²) < 4.78 is 9.87. The zero-order valence-corrected chi connectivity index (χ0v) is 18.8. The molecule has 1 fully saturated rings. The van der Waals surface area contributed by atoms with Gasteiger partial charge in [-0.15, -0.1) is 0 Å². The van der Waals surface area contributed by atoms with Gasteiger partial charge in [-0.1, -0.05) is 17.3 Å². The summed E-state index contributed by atoms with van der Waals surface area (Å²) in [5.74, 6) is -1.87. The minimum atomic E-state index is -0.977. The molecule has 170 valence electrons. The normalized spacial score (nSPS) is 17.6. The monoisotopic (exact) mass is 449 g/mol. The SMILES string of the molecule is COC(=O)c1ccc(C2/C(=C(\O)c3c(C)[nH]c(C)c3C)C(=O)C(=O)N2c2cc(C)on2)cc1. The van der Waals surface area contributed by atoms with E-state index in [-0.39, 0.29) is 17.2 Å². The zero-order valence-electron chi connectivity index (χ0n) is 18.8. The van der Waals surface area contributed by atoms with Gasteiger partial charge in [-0.25, -0.2) is 4.79 Å². The maximum absolute atomic E-state index is 13.2. The van der Waals surface area contributed by atoms with E-state index < -0.39 is 23.7 Å². The molecule has 1 aromatic carbocycles. The fourth-order valence-electron chi connectivity index (χ4n) is 4.17. The summed E-state index contributed by atoms with van der Waals surface area (Å²) in [5, 5.41) is 15.2. The highest BCUT2D eigenvalue weighted by molar-refractivity contribution is 6.51. The lowest BCUT2D eigenvalue weighted by molar-refractivity contribution is -0.132. The van der Waals surface area contributed by atoms with Crippen molar-refractivity contribution in [1.29, 1.82) is 0 Å². The first-order chi connectivity index (χ1) is 15.6. The Morgan fingerprint density at radius 1 is 1.12 bits per heavy atom. The van der Waals surface area contributed by atoms with Crippen LogP contribution in [0.4, 0.5) is 5.82 Å². The van der Waals surface area contributed by atoms with Crippen molar-refractivity contribution in [2.75, 3.05) is 12.0 Å². The lowest BCUT2D eigenvalue weighted by Gasteiger charge is -2.23. The number of nitrogens with zero attached hydrogens (tertiary/aromatic N) is 2. The Hall–Kier alpha value is -4.14. The van der Waals surface area contributed by atoms with Crippen molar-refractivity contribution >= 4 is 29.2 Å². The van der Waals surface area contributed by atoms with Gasteiger partial charge in [-0.3, -0.25) is 14.5 Å². The van der Waals surface area contributed by atoms with E-state index in [4.69, 9.17) is 9.26 Å². The Morgan fingerprint density at radius 3 is 2.30 bits per heavy atom. The van der Waals surface area contributed by atoms with Crippen LogP contribution in [0, 0.1) is 27.7 Å². The summed E-state index contributed by atoms with van der Waals surface area (Å²) in [5.41, 5.74) is 3.50. The van der Waals surface area contributed by atoms with Crippen LogP contribution in [0.5, 0.6) is 0 Å². The Labute approximate surface area is 189 Å². The van der Waals surface area contributed by atoms with Crippen LogP contribution in [0.25, 0.3) is 5.76 Å². The van der Waals surface area contributed by atoms with E-state index in [0.29, 0.717) is 28.1 Å². The first kappa shape index (κ1) is 22.1. The van der Waals surface area contributed by atoms with Gasteiger partial charge >= 0.3 is 11.9 Å². The van der Waals surface area contributed by atoms with E-state index in [1.54, 1.807) is 26.0 Å². The van der Waals surface area contributed by atoms with Crippen LogP contribution in [-0.2, 0) is 14.3 Å². The number of aromatic amines is 1. The summed E-state index contributed by atoms with van der Waals surface area (Å²) in [6.45, 7) is 7.14. The molecule has 0 spiro atoms.